The molecule has 1 spiro atoms. The highest BCUT2D eigenvalue weighted by molar-refractivity contribution is 5.99. The zero-order valence-electron chi connectivity index (χ0n) is 18.3. The largest absolute Gasteiger partial charge is 0.450 e. The molecule has 1 aromatic carbocycles. The lowest BCUT2D eigenvalue weighted by Crippen LogP contribution is -2.52. The molecule has 168 valence electrons. The summed E-state index contributed by atoms with van der Waals surface area (Å²) in [5.41, 5.74) is 1.82. The van der Waals surface area contributed by atoms with Crippen LogP contribution in [0.2, 0.25) is 0 Å². The van der Waals surface area contributed by atoms with Gasteiger partial charge in [-0.25, -0.2) is 9.18 Å². The normalized spacial score (nSPS) is 23.8. The summed E-state index contributed by atoms with van der Waals surface area (Å²) in [5, 5.41) is 0. The van der Waals surface area contributed by atoms with Crippen molar-refractivity contribution in [2.24, 2.45) is 5.92 Å². The van der Waals surface area contributed by atoms with Gasteiger partial charge in [-0.3, -0.25) is 4.79 Å². The van der Waals surface area contributed by atoms with Crippen LogP contribution in [0.25, 0.3) is 0 Å². The third-order valence-electron chi connectivity index (χ3n) is 7.74. The summed E-state index contributed by atoms with van der Waals surface area (Å²) in [6.45, 7) is 6.31. The lowest BCUT2D eigenvalue weighted by molar-refractivity contribution is -0.119. The zero-order chi connectivity index (χ0) is 21.6. The average molecular weight is 430 g/mol. The highest BCUT2D eigenvalue weighted by Gasteiger charge is 2.49. The molecular weight excluding hydrogens is 397 g/mol. The molecule has 5 rings (SSSR count). The van der Waals surface area contributed by atoms with Crippen molar-refractivity contribution in [3.8, 4) is 0 Å². The Labute approximate surface area is 183 Å². The number of hydrogen-bond donors (Lipinski definition) is 0. The van der Waals surface area contributed by atoms with Crippen LogP contribution in [0.4, 0.5) is 14.9 Å². The smallest absolute Gasteiger partial charge is 0.409 e. The average Bonchev–Trinajstić information content (AvgIpc) is 3.59. The Kier molecular flexibility index (Phi) is 5.40. The molecule has 0 radical (unpaired) electrons. The van der Waals surface area contributed by atoms with Gasteiger partial charge >= 0.3 is 6.09 Å². The molecule has 4 aliphatic rings. The van der Waals surface area contributed by atoms with E-state index in [0.29, 0.717) is 19.2 Å². The van der Waals surface area contributed by atoms with Gasteiger partial charge in [0.1, 0.15) is 5.82 Å². The van der Waals surface area contributed by atoms with E-state index in [1.807, 2.05) is 16.7 Å². The molecule has 2 amide bonds. The van der Waals surface area contributed by atoms with Crippen LogP contribution >= 0.6 is 0 Å². The second-order valence-corrected chi connectivity index (χ2v) is 9.59. The molecule has 1 aromatic rings. The highest BCUT2D eigenvalue weighted by atomic mass is 19.1. The Bertz CT molecular complexity index is 856. The van der Waals surface area contributed by atoms with Crippen LogP contribution in [0.3, 0.4) is 0 Å². The van der Waals surface area contributed by atoms with Gasteiger partial charge in [-0.05, 0) is 82.3 Å². The first-order valence-electron chi connectivity index (χ1n) is 11.8. The molecule has 3 aliphatic heterocycles. The molecule has 2 saturated heterocycles. The van der Waals surface area contributed by atoms with Gasteiger partial charge in [0, 0.05) is 42.7 Å². The Morgan fingerprint density at radius 3 is 2.45 bits per heavy atom. The van der Waals surface area contributed by atoms with Crippen molar-refractivity contribution in [2.45, 2.75) is 56.9 Å². The molecular formula is C24H32FN3O3. The Morgan fingerprint density at radius 1 is 1.10 bits per heavy atom. The number of halogens is 1. The summed E-state index contributed by atoms with van der Waals surface area (Å²) in [4.78, 5) is 31.2. The fourth-order valence-corrected chi connectivity index (χ4v) is 5.76. The summed E-state index contributed by atoms with van der Waals surface area (Å²) in [6.07, 6.45) is 5.57. The molecule has 3 heterocycles. The van der Waals surface area contributed by atoms with Crippen molar-refractivity contribution in [1.82, 2.24) is 9.80 Å². The van der Waals surface area contributed by atoms with E-state index >= 15 is 0 Å². The van der Waals surface area contributed by atoms with Gasteiger partial charge in [-0.15, -0.1) is 0 Å². The lowest BCUT2D eigenvalue weighted by Gasteiger charge is -2.45. The highest BCUT2D eigenvalue weighted by Crippen LogP contribution is 2.49. The summed E-state index contributed by atoms with van der Waals surface area (Å²) in [7, 11) is 0. The summed E-state index contributed by atoms with van der Waals surface area (Å²) in [5.74, 6) is 0.170. The van der Waals surface area contributed by atoms with Crippen molar-refractivity contribution in [2.75, 3.05) is 44.2 Å². The maximum absolute atomic E-state index is 14.2. The molecule has 0 bridgehead atoms. The van der Waals surface area contributed by atoms with Gasteiger partial charge in [0.25, 0.3) is 0 Å². The van der Waals surface area contributed by atoms with Gasteiger partial charge < -0.3 is 19.4 Å². The first-order chi connectivity index (χ1) is 15.0. The number of carbonyl (C=O) groups is 2. The molecule has 6 nitrogen and oxygen atoms in total. The number of fused-ring (bicyclic) bond motifs is 2. The third-order valence-corrected chi connectivity index (χ3v) is 7.74. The second kappa shape index (κ2) is 8.08. The van der Waals surface area contributed by atoms with Crippen LogP contribution in [0, 0.1) is 11.7 Å². The van der Waals surface area contributed by atoms with Crippen molar-refractivity contribution in [3.05, 3.63) is 29.6 Å². The monoisotopic (exact) mass is 429 g/mol. The van der Waals surface area contributed by atoms with Crippen LogP contribution in [-0.2, 0) is 14.9 Å². The minimum Gasteiger partial charge on any atom is -0.450 e. The minimum absolute atomic E-state index is 0.135. The molecule has 0 N–H and O–H groups in total. The van der Waals surface area contributed by atoms with Crippen LogP contribution in [0.15, 0.2) is 18.2 Å². The Balaban J connectivity index is 1.25. The number of benzene rings is 1. The molecule has 7 heteroatoms. The summed E-state index contributed by atoms with van der Waals surface area (Å²) < 4.78 is 19.3. The standard InChI is InChI=1S/C24H32FN3O3/c1-2-31-23(30)27-11-7-19(8-12-27)26-13-9-24(10-14-26)16-28(22(29)17-3-4-17)21-6-5-18(25)15-20(21)24/h5-6,15,17,19H,2-4,7-14,16H2,1H3. The van der Waals surface area contributed by atoms with Crippen LogP contribution in [0.1, 0.15) is 51.0 Å². The van der Waals surface area contributed by atoms with E-state index in [4.69, 9.17) is 4.74 Å². The third kappa shape index (κ3) is 3.81. The second-order valence-electron chi connectivity index (χ2n) is 9.59. The van der Waals surface area contributed by atoms with E-state index in [1.54, 1.807) is 12.1 Å². The maximum Gasteiger partial charge on any atom is 0.409 e. The van der Waals surface area contributed by atoms with Crippen LogP contribution < -0.4 is 4.90 Å². The fraction of sp³-hybridized carbons (Fsp3) is 0.667. The van der Waals surface area contributed by atoms with E-state index < -0.39 is 0 Å². The Morgan fingerprint density at radius 2 is 1.81 bits per heavy atom. The predicted octanol–water partition coefficient (Wildman–Crippen LogP) is 3.54. The summed E-state index contributed by atoms with van der Waals surface area (Å²) in [6, 6.07) is 5.43. The van der Waals surface area contributed by atoms with Crippen molar-refractivity contribution in [1.29, 1.82) is 0 Å². The van der Waals surface area contributed by atoms with Crippen LogP contribution in [-0.4, -0.2) is 67.2 Å². The van der Waals surface area contributed by atoms with E-state index in [0.717, 1.165) is 76.0 Å². The van der Waals surface area contributed by atoms with Crippen molar-refractivity contribution in [3.63, 3.8) is 0 Å². The topological polar surface area (TPSA) is 53.1 Å². The van der Waals surface area contributed by atoms with Crippen LogP contribution in [0.5, 0.6) is 0 Å². The van der Waals surface area contributed by atoms with E-state index in [1.165, 1.54) is 6.07 Å². The number of hydrogen-bond acceptors (Lipinski definition) is 4. The van der Waals surface area contributed by atoms with Gasteiger partial charge in [0.2, 0.25) is 5.91 Å². The number of anilines is 1. The van der Waals surface area contributed by atoms with Gasteiger partial charge in [-0.2, -0.15) is 0 Å². The number of piperidine rings is 2. The molecule has 1 aliphatic carbocycles. The zero-order valence-corrected chi connectivity index (χ0v) is 18.3. The van der Waals surface area contributed by atoms with Gasteiger partial charge in [-0.1, -0.05) is 0 Å². The van der Waals surface area contributed by atoms with E-state index in [9.17, 15) is 14.0 Å². The SMILES string of the molecule is CCOC(=O)N1CCC(N2CCC3(CC2)CN(C(=O)C2CC2)c2ccc(F)cc23)CC1. The van der Waals surface area contributed by atoms with Crippen molar-refractivity contribution >= 4 is 17.7 Å². The molecule has 31 heavy (non-hydrogen) atoms. The molecule has 0 atom stereocenters. The quantitative estimate of drug-likeness (QED) is 0.738. The number of rotatable bonds is 3. The number of ether oxygens (including phenoxy) is 1. The van der Waals surface area contributed by atoms with Crippen molar-refractivity contribution < 1.29 is 18.7 Å². The van der Waals surface area contributed by atoms with Gasteiger partial charge in [0.05, 0.1) is 6.61 Å². The lowest BCUT2D eigenvalue weighted by atomic mass is 9.74. The maximum atomic E-state index is 14.2. The number of carbonyl (C=O) groups excluding carboxylic acids is 2. The fourth-order valence-electron chi connectivity index (χ4n) is 5.76. The molecule has 0 unspecified atom stereocenters. The van der Waals surface area contributed by atoms with E-state index in [-0.39, 0.29) is 29.2 Å². The predicted molar refractivity (Wildman–Crippen MR) is 116 cm³/mol. The molecule has 3 fully saturated rings. The first kappa shape index (κ1) is 20.7. The summed E-state index contributed by atoms with van der Waals surface area (Å²) >= 11 is 0. The molecule has 1 saturated carbocycles. The number of amides is 2. The molecule has 0 aromatic heterocycles. The van der Waals surface area contributed by atoms with Gasteiger partial charge in [0.15, 0.2) is 0 Å². The minimum atomic E-state index is -0.215. The Hall–Kier alpha value is -2.15. The number of likely N-dealkylation sites (tertiary alicyclic amines) is 2. The first-order valence-corrected chi connectivity index (χ1v) is 11.8. The number of nitrogens with zero attached hydrogens (tertiary/aromatic N) is 3. The van der Waals surface area contributed by atoms with E-state index in [2.05, 4.69) is 4.90 Å².